The average Bonchev–Trinajstić information content (AvgIpc) is 3.16. The van der Waals surface area contributed by atoms with Crippen molar-refractivity contribution in [2.24, 2.45) is 0 Å². The second-order valence-corrected chi connectivity index (χ2v) is 7.95. The standard InChI is InChI=1S/C23H26N4O3S/c1-16(28)30-21(18-5-3-2-4-6-18)14-25-12-11-17-7-9-19(10-8-17)26-22(29)13-20-15-31-23(24)27-20/h2-10,15,21,25H,11-14H2,1H3,(H2,24,27)(H,26,29). The van der Waals surface area contributed by atoms with E-state index in [4.69, 9.17) is 10.5 Å². The Labute approximate surface area is 185 Å². The fraction of sp³-hybridized carbons (Fsp3) is 0.261. The highest BCUT2D eigenvalue weighted by Crippen LogP contribution is 2.17. The molecule has 31 heavy (non-hydrogen) atoms. The van der Waals surface area contributed by atoms with Crippen molar-refractivity contribution in [3.8, 4) is 0 Å². The fourth-order valence-electron chi connectivity index (χ4n) is 3.09. The molecule has 1 heterocycles. The molecule has 0 radical (unpaired) electrons. The molecule has 1 atom stereocenters. The van der Waals surface area contributed by atoms with Gasteiger partial charge in [0.2, 0.25) is 5.91 Å². The van der Waals surface area contributed by atoms with Crippen LogP contribution in [0.1, 0.15) is 29.8 Å². The number of hydrogen-bond acceptors (Lipinski definition) is 7. The van der Waals surface area contributed by atoms with Gasteiger partial charge in [-0.2, -0.15) is 0 Å². The summed E-state index contributed by atoms with van der Waals surface area (Å²) in [6, 6.07) is 17.4. The van der Waals surface area contributed by atoms with Gasteiger partial charge in [-0.1, -0.05) is 42.5 Å². The number of esters is 1. The molecule has 0 bridgehead atoms. The van der Waals surface area contributed by atoms with Crippen LogP contribution in [0.4, 0.5) is 10.8 Å². The summed E-state index contributed by atoms with van der Waals surface area (Å²) < 4.78 is 5.43. The summed E-state index contributed by atoms with van der Waals surface area (Å²) in [5.74, 6) is -0.427. The number of rotatable bonds is 10. The molecule has 0 saturated heterocycles. The Morgan fingerprint density at radius 3 is 2.52 bits per heavy atom. The van der Waals surface area contributed by atoms with E-state index in [1.807, 2.05) is 54.6 Å². The summed E-state index contributed by atoms with van der Waals surface area (Å²) in [6.07, 6.45) is 0.697. The second-order valence-electron chi connectivity index (χ2n) is 7.06. The summed E-state index contributed by atoms with van der Waals surface area (Å²) in [5, 5.41) is 8.47. The van der Waals surface area contributed by atoms with E-state index in [9.17, 15) is 9.59 Å². The van der Waals surface area contributed by atoms with Crippen molar-refractivity contribution in [2.45, 2.75) is 25.9 Å². The third-order valence-electron chi connectivity index (χ3n) is 4.55. The Morgan fingerprint density at radius 1 is 1.13 bits per heavy atom. The minimum atomic E-state index is -0.315. The molecule has 0 saturated carbocycles. The molecular weight excluding hydrogens is 412 g/mol. The van der Waals surface area contributed by atoms with Gasteiger partial charge >= 0.3 is 5.97 Å². The zero-order chi connectivity index (χ0) is 22.1. The molecule has 4 N–H and O–H groups in total. The van der Waals surface area contributed by atoms with Gasteiger partial charge in [0, 0.05) is 24.5 Å². The van der Waals surface area contributed by atoms with Crippen LogP contribution < -0.4 is 16.4 Å². The van der Waals surface area contributed by atoms with Gasteiger partial charge in [0.15, 0.2) is 5.13 Å². The fourth-order valence-corrected chi connectivity index (χ4v) is 3.65. The van der Waals surface area contributed by atoms with Gasteiger partial charge in [0.05, 0.1) is 12.1 Å². The highest BCUT2D eigenvalue weighted by molar-refractivity contribution is 7.13. The van der Waals surface area contributed by atoms with Crippen molar-refractivity contribution < 1.29 is 14.3 Å². The van der Waals surface area contributed by atoms with Crippen molar-refractivity contribution in [2.75, 3.05) is 24.1 Å². The van der Waals surface area contributed by atoms with Crippen LogP contribution in [0.25, 0.3) is 0 Å². The van der Waals surface area contributed by atoms with Gasteiger partial charge in [0.25, 0.3) is 0 Å². The van der Waals surface area contributed by atoms with Crippen molar-refractivity contribution in [1.29, 1.82) is 0 Å². The lowest BCUT2D eigenvalue weighted by Crippen LogP contribution is -2.26. The smallest absolute Gasteiger partial charge is 0.303 e. The second kappa shape index (κ2) is 11.2. The van der Waals surface area contributed by atoms with Crippen LogP contribution in [0.3, 0.4) is 0 Å². The van der Waals surface area contributed by atoms with Crippen molar-refractivity contribution >= 4 is 34.0 Å². The Balaban J connectivity index is 1.43. The van der Waals surface area contributed by atoms with Gasteiger partial charge in [-0.15, -0.1) is 11.3 Å². The van der Waals surface area contributed by atoms with E-state index in [0.29, 0.717) is 17.4 Å². The first-order valence-corrected chi connectivity index (χ1v) is 10.9. The predicted octanol–water partition coefficient (Wildman–Crippen LogP) is 3.34. The zero-order valence-electron chi connectivity index (χ0n) is 17.3. The Bertz CT molecular complexity index is 990. The van der Waals surface area contributed by atoms with Crippen LogP contribution >= 0.6 is 11.3 Å². The molecule has 3 rings (SSSR count). The number of nitrogens with two attached hydrogens (primary N) is 1. The first kappa shape index (κ1) is 22.5. The van der Waals surface area contributed by atoms with Crippen LogP contribution in [0, 0.1) is 0 Å². The number of benzene rings is 2. The number of nitrogens with zero attached hydrogens (tertiary/aromatic N) is 1. The molecule has 1 unspecified atom stereocenters. The Kier molecular flexibility index (Phi) is 8.14. The number of amides is 1. The summed E-state index contributed by atoms with van der Waals surface area (Å²) in [6.45, 7) is 2.70. The molecule has 1 amide bonds. The lowest BCUT2D eigenvalue weighted by Gasteiger charge is -2.18. The SMILES string of the molecule is CC(=O)OC(CNCCc1ccc(NC(=O)Cc2csc(N)n2)cc1)c1ccccc1. The van der Waals surface area contributed by atoms with Crippen LogP contribution in [0.2, 0.25) is 0 Å². The highest BCUT2D eigenvalue weighted by Gasteiger charge is 2.14. The van der Waals surface area contributed by atoms with Gasteiger partial charge in [-0.25, -0.2) is 4.98 Å². The molecule has 1 aromatic heterocycles. The van der Waals surface area contributed by atoms with Gasteiger partial charge in [-0.05, 0) is 36.2 Å². The third kappa shape index (κ3) is 7.51. The molecular formula is C23H26N4O3S. The lowest BCUT2D eigenvalue weighted by atomic mass is 10.1. The van der Waals surface area contributed by atoms with E-state index in [-0.39, 0.29) is 24.4 Å². The number of anilines is 2. The summed E-state index contributed by atoms with van der Waals surface area (Å²) >= 11 is 1.32. The Hall–Kier alpha value is -3.23. The number of aromatic nitrogens is 1. The largest absolute Gasteiger partial charge is 0.456 e. The quantitative estimate of drug-likeness (QED) is 0.331. The minimum absolute atomic E-state index is 0.128. The molecule has 162 valence electrons. The summed E-state index contributed by atoms with van der Waals surface area (Å²) in [4.78, 5) is 27.6. The summed E-state index contributed by atoms with van der Waals surface area (Å²) in [5.41, 5.74) is 9.10. The van der Waals surface area contributed by atoms with Crippen LogP contribution in [0.15, 0.2) is 60.0 Å². The van der Waals surface area contributed by atoms with Crippen molar-refractivity contribution in [3.63, 3.8) is 0 Å². The molecule has 8 heteroatoms. The lowest BCUT2D eigenvalue weighted by molar-refractivity contribution is -0.146. The summed E-state index contributed by atoms with van der Waals surface area (Å²) in [7, 11) is 0. The molecule has 0 spiro atoms. The highest BCUT2D eigenvalue weighted by atomic mass is 32.1. The molecule has 0 fully saturated rings. The van der Waals surface area contributed by atoms with E-state index in [0.717, 1.165) is 29.8 Å². The topological polar surface area (TPSA) is 106 Å². The number of nitrogens with one attached hydrogen (secondary N) is 2. The van der Waals surface area contributed by atoms with Crippen molar-refractivity contribution in [3.05, 3.63) is 76.8 Å². The normalized spacial score (nSPS) is 11.6. The van der Waals surface area contributed by atoms with Crippen LogP contribution in [0.5, 0.6) is 0 Å². The van der Waals surface area contributed by atoms with Gasteiger partial charge in [-0.3, -0.25) is 9.59 Å². The maximum absolute atomic E-state index is 12.1. The van der Waals surface area contributed by atoms with Crippen molar-refractivity contribution in [1.82, 2.24) is 10.3 Å². The molecule has 0 aliphatic heterocycles. The van der Waals surface area contributed by atoms with Gasteiger partial charge < -0.3 is 21.1 Å². The van der Waals surface area contributed by atoms with E-state index < -0.39 is 0 Å². The van der Waals surface area contributed by atoms with Crippen LogP contribution in [-0.4, -0.2) is 29.9 Å². The number of carbonyl (C=O) groups excluding carboxylic acids is 2. The van der Waals surface area contributed by atoms with Gasteiger partial charge in [0.1, 0.15) is 6.10 Å². The van der Waals surface area contributed by atoms with E-state index >= 15 is 0 Å². The molecule has 0 aliphatic carbocycles. The average molecular weight is 439 g/mol. The monoisotopic (exact) mass is 438 g/mol. The number of thiazole rings is 1. The molecule has 7 nitrogen and oxygen atoms in total. The minimum Gasteiger partial charge on any atom is -0.456 e. The van der Waals surface area contributed by atoms with Crippen LogP contribution in [-0.2, 0) is 27.2 Å². The first-order chi connectivity index (χ1) is 15.0. The zero-order valence-corrected chi connectivity index (χ0v) is 18.2. The number of ether oxygens (including phenoxy) is 1. The maximum Gasteiger partial charge on any atom is 0.303 e. The van der Waals surface area contributed by atoms with E-state index in [2.05, 4.69) is 15.6 Å². The molecule has 2 aromatic carbocycles. The third-order valence-corrected chi connectivity index (χ3v) is 5.27. The molecule has 0 aliphatic rings. The number of hydrogen-bond donors (Lipinski definition) is 3. The first-order valence-electron chi connectivity index (χ1n) is 10.0. The van der Waals surface area contributed by atoms with E-state index in [1.165, 1.54) is 18.3 Å². The van der Waals surface area contributed by atoms with E-state index in [1.54, 1.807) is 5.38 Å². The number of carbonyl (C=O) groups is 2. The number of nitrogen functional groups attached to an aromatic ring is 1. The Morgan fingerprint density at radius 2 is 1.87 bits per heavy atom. The molecule has 3 aromatic rings. The maximum atomic E-state index is 12.1. The predicted molar refractivity (Wildman–Crippen MR) is 123 cm³/mol.